The second-order valence-electron chi connectivity index (χ2n) is 3.80. The molecule has 0 radical (unpaired) electrons. The predicted molar refractivity (Wildman–Crippen MR) is 72.0 cm³/mol. The highest BCUT2D eigenvalue weighted by molar-refractivity contribution is 6.32. The van der Waals surface area contributed by atoms with Crippen molar-refractivity contribution in [1.82, 2.24) is 9.97 Å². The molecule has 1 heterocycles. The van der Waals surface area contributed by atoms with Gasteiger partial charge in [0.05, 0.1) is 12.8 Å². The molecule has 0 saturated heterocycles. The number of ether oxygens (including phenoxy) is 1. The van der Waals surface area contributed by atoms with Gasteiger partial charge in [-0.1, -0.05) is 11.6 Å². The number of halogens is 2. The molecule has 1 N–H and O–H groups in total. The lowest BCUT2D eigenvalue weighted by Crippen LogP contribution is -2.08. The van der Waals surface area contributed by atoms with E-state index < -0.39 is 0 Å². The van der Waals surface area contributed by atoms with E-state index in [1.165, 1.54) is 24.7 Å². The first kappa shape index (κ1) is 13.5. The molecule has 0 saturated carbocycles. The van der Waals surface area contributed by atoms with Crippen LogP contribution in [0.25, 0.3) is 0 Å². The van der Waals surface area contributed by atoms with Gasteiger partial charge in [-0.2, -0.15) is 0 Å². The number of benzene rings is 1. The Kier molecular flexibility index (Phi) is 4.92. The van der Waals surface area contributed by atoms with Crippen LogP contribution < -0.4 is 10.1 Å². The minimum atomic E-state index is -0.271. The molecule has 0 spiro atoms. The molecular weight excluding hydrogens is 269 g/mol. The van der Waals surface area contributed by atoms with E-state index in [4.69, 9.17) is 16.3 Å². The van der Waals surface area contributed by atoms with E-state index >= 15 is 0 Å². The lowest BCUT2D eigenvalue weighted by molar-refractivity contribution is 0.314. The first-order valence-corrected chi connectivity index (χ1v) is 6.21. The molecule has 0 aliphatic carbocycles. The van der Waals surface area contributed by atoms with Gasteiger partial charge < -0.3 is 10.1 Å². The van der Waals surface area contributed by atoms with Gasteiger partial charge in [0.15, 0.2) is 0 Å². The summed E-state index contributed by atoms with van der Waals surface area (Å²) in [6.07, 6.45) is 3.74. The van der Waals surface area contributed by atoms with E-state index in [1.54, 1.807) is 12.1 Å². The minimum absolute atomic E-state index is 0.271. The van der Waals surface area contributed by atoms with Gasteiger partial charge in [0, 0.05) is 6.54 Å². The van der Waals surface area contributed by atoms with Crippen molar-refractivity contribution in [3.63, 3.8) is 0 Å². The van der Waals surface area contributed by atoms with E-state index in [9.17, 15) is 4.39 Å². The molecule has 0 amide bonds. The second-order valence-corrected chi connectivity index (χ2v) is 4.21. The van der Waals surface area contributed by atoms with Crippen molar-refractivity contribution in [3.8, 4) is 5.75 Å². The Morgan fingerprint density at radius 3 is 2.79 bits per heavy atom. The third-order valence-electron chi connectivity index (χ3n) is 2.36. The van der Waals surface area contributed by atoms with E-state index in [0.29, 0.717) is 29.7 Å². The zero-order valence-corrected chi connectivity index (χ0v) is 10.9. The summed E-state index contributed by atoms with van der Waals surface area (Å²) in [4.78, 5) is 7.80. The standard InChI is InChI=1S/C13H13ClFN3O/c14-12-8-16-9-18-13(12)17-6-1-7-19-11-4-2-10(15)3-5-11/h2-5,8-9H,1,6-7H2,(H,16,17,18). The predicted octanol–water partition coefficient (Wildman–Crippen LogP) is 3.15. The van der Waals surface area contributed by atoms with Crippen molar-refractivity contribution < 1.29 is 9.13 Å². The molecule has 4 nitrogen and oxygen atoms in total. The maximum Gasteiger partial charge on any atom is 0.148 e. The van der Waals surface area contributed by atoms with Crippen LogP contribution in [0.3, 0.4) is 0 Å². The molecule has 0 aliphatic heterocycles. The van der Waals surface area contributed by atoms with Crippen LogP contribution in [0.4, 0.5) is 10.2 Å². The smallest absolute Gasteiger partial charge is 0.148 e. The summed E-state index contributed by atoms with van der Waals surface area (Å²) >= 11 is 5.89. The van der Waals surface area contributed by atoms with Crippen molar-refractivity contribution in [1.29, 1.82) is 0 Å². The van der Waals surface area contributed by atoms with Gasteiger partial charge in [-0.25, -0.2) is 14.4 Å². The third-order valence-corrected chi connectivity index (χ3v) is 2.64. The van der Waals surface area contributed by atoms with Crippen molar-refractivity contribution in [2.24, 2.45) is 0 Å². The normalized spacial score (nSPS) is 10.2. The summed E-state index contributed by atoms with van der Waals surface area (Å²) < 4.78 is 18.1. The molecule has 0 aliphatic rings. The first-order chi connectivity index (χ1) is 9.25. The molecule has 0 unspecified atom stereocenters. The van der Waals surface area contributed by atoms with E-state index in [-0.39, 0.29) is 5.82 Å². The summed E-state index contributed by atoms with van der Waals surface area (Å²) in [5, 5.41) is 3.57. The van der Waals surface area contributed by atoms with Crippen LogP contribution in [0, 0.1) is 5.82 Å². The van der Waals surface area contributed by atoms with Crippen LogP contribution >= 0.6 is 11.6 Å². The second kappa shape index (κ2) is 6.89. The Bertz CT molecular complexity index is 522. The zero-order valence-electron chi connectivity index (χ0n) is 10.1. The van der Waals surface area contributed by atoms with Crippen molar-refractivity contribution in [2.45, 2.75) is 6.42 Å². The highest BCUT2D eigenvalue weighted by atomic mass is 35.5. The average molecular weight is 282 g/mol. The van der Waals surface area contributed by atoms with E-state index in [1.807, 2.05) is 0 Å². The lowest BCUT2D eigenvalue weighted by Gasteiger charge is -2.08. The van der Waals surface area contributed by atoms with Crippen LogP contribution in [0.1, 0.15) is 6.42 Å². The molecule has 2 aromatic rings. The number of hydrogen-bond donors (Lipinski definition) is 1. The highest BCUT2D eigenvalue weighted by Crippen LogP contribution is 2.16. The SMILES string of the molecule is Fc1ccc(OCCCNc2ncncc2Cl)cc1. The number of aromatic nitrogens is 2. The van der Waals surface area contributed by atoms with Crippen LogP contribution in [0.5, 0.6) is 5.75 Å². The Hall–Kier alpha value is -1.88. The lowest BCUT2D eigenvalue weighted by atomic mass is 10.3. The van der Waals surface area contributed by atoms with Gasteiger partial charge in [0.25, 0.3) is 0 Å². The topological polar surface area (TPSA) is 47.0 Å². The number of nitrogens with one attached hydrogen (secondary N) is 1. The van der Waals surface area contributed by atoms with Gasteiger partial charge in [-0.3, -0.25) is 0 Å². The average Bonchev–Trinajstić information content (AvgIpc) is 2.42. The third kappa shape index (κ3) is 4.37. The monoisotopic (exact) mass is 281 g/mol. The van der Waals surface area contributed by atoms with Crippen LogP contribution in [-0.2, 0) is 0 Å². The molecule has 0 bridgehead atoms. The van der Waals surface area contributed by atoms with Crippen molar-refractivity contribution >= 4 is 17.4 Å². The van der Waals surface area contributed by atoms with Crippen molar-refractivity contribution in [2.75, 3.05) is 18.5 Å². The molecular formula is C13H13ClFN3O. The van der Waals surface area contributed by atoms with Crippen LogP contribution in [-0.4, -0.2) is 23.1 Å². The van der Waals surface area contributed by atoms with Gasteiger partial charge in [0.2, 0.25) is 0 Å². The Labute approximate surface area is 115 Å². The molecule has 1 aromatic carbocycles. The molecule has 1 aromatic heterocycles. The van der Waals surface area contributed by atoms with Crippen molar-refractivity contribution in [3.05, 3.63) is 47.6 Å². The number of hydrogen-bond acceptors (Lipinski definition) is 4. The summed E-state index contributed by atoms with van der Waals surface area (Å²) in [7, 11) is 0. The first-order valence-electron chi connectivity index (χ1n) is 5.83. The largest absolute Gasteiger partial charge is 0.494 e. The molecule has 0 fully saturated rings. The molecule has 6 heteroatoms. The molecule has 2 rings (SSSR count). The Morgan fingerprint density at radius 2 is 2.05 bits per heavy atom. The van der Waals surface area contributed by atoms with Crippen LogP contribution in [0.15, 0.2) is 36.8 Å². The fourth-order valence-electron chi connectivity index (χ4n) is 1.44. The molecule has 19 heavy (non-hydrogen) atoms. The highest BCUT2D eigenvalue weighted by Gasteiger charge is 2.00. The quantitative estimate of drug-likeness (QED) is 0.826. The molecule has 100 valence electrons. The maximum absolute atomic E-state index is 12.7. The number of anilines is 1. The van der Waals surface area contributed by atoms with Gasteiger partial charge >= 0.3 is 0 Å². The minimum Gasteiger partial charge on any atom is -0.494 e. The molecule has 0 atom stereocenters. The summed E-state index contributed by atoms with van der Waals surface area (Å²) in [5.41, 5.74) is 0. The van der Waals surface area contributed by atoms with E-state index in [2.05, 4.69) is 15.3 Å². The summed E-state index contributed by atoms with van der Waals surface area (Å²) in [6, 6.07) is 5.94. The number of nitrogens with zero attached hydrogens (tertiary/aromatic N) is 2. The Balaban J connectivity index is 1.67. The fraction of sp³-hybridized carbons (Fsp3) is 0.231. The number of rotatable bonds is 6. The maximum atomic E-state index is 12.7. The fourth-order valence-corrected chi connectivity index (χ4v) is 1.61. The summed E-state index contributed by atoms with van der Waals surface area (Å²) in [6.45, 7) is 1.21. The van der Waals surface area contributed by atoms with E-state index in [0.717, 1.165) is 6.42 Å². The summed E-state index contributed by atoms with van der Waals surface area (Å²) in [5.74, 6) is 0.993. The van der Waals surface area contributed by atoms with Gasteiger partial charge in [-0.15, -0.1) is 0 Å². The Morgan fingerprint density at radius 1 is 1.26 bits per heavy atom. The van der Waals surface area contributed by atoms with Gasteiger partial charge in [-0.05, 0) is 30.7 Å². The van der Waals surface area contributed by atoms with Gasteiger partial charge in [0.1, 0.15) is 28.7 Å². The zero-order chi connectivity index (χ0) is 13.5. The van der Waals surface area contributed by atoms with Crippen LogP contribution in [0.2, 0.25) is 5.02 Å².